The molecule has 0 aliphatic rings. The first kappa shape index (κ1) is 13.1. The van der Waals surface area contributed by atoms with Crippen LogP contribution in [0.5, 0.6) is 0 Å². The molecule has 5 nitrogen and oxygen atoms in total. The lowest BCUT2D eigenvalue weighted by atomic mass is 10.1. The minimum absolute atomic E-state index is 0.462. The lowest BCUT2D eigenvalue weighted by Crippen LogP contribution is -2.36. The van der Waals surface area contributed by atoms with Gasteiger partial charge in [0.2, 0.25) is 0 Å². The summed E-state index contributed by atoms with van der Waals surface area (Å²) in [5.74, 6) is 0.830. The second-order valence-corrected chi connectivity index (χ2v) is 4.56. The van der Waals surface area contributed by atoms with Crippen LogP contribution in [0.2, 0.25) is 0 Å². The standard InChI is InChI=1S/C11H23N5/c1-5-6-7-10(12-9(2)3)8-11-13-15-16(4)14-11/h9-10,12H,5-8H2,1-4H3. The minimum atomic E-state index is 0.462. The van der Waals surface area contributed by atoms with Gasteiger partial charge in [-0.1, -0.05) is 33.6 Å². The quantitative estimate of drug-likeness (QED) is 0.760. The number of unbranched alkanes of at least 4 members (excludes halogenated alkanes) is 1. The van der Waals surface area contributed by atoms with Gasteiger partial charge < -0.3 is 5.32 Å². The van der Waals surface area contributed by atoms with Crippen LogP contribution in [-0.4, -0.2) is 32.3 Å². The van der Waals surface area contributed by atoms with E-state index in [1.54, 1.807) is 7.05 Å². The topological polar surface area (TPSA) is 55.6 Å². The summed E-state index contributed by atoms with van der Waals surface area (Å²) in [6.07, 6.45) is 4.51. The lowest BCUT2D eigenvalue weighted by molar-refractivity contribution is 0.418. The van der Waals surface area contributed by atoms with Crippen molar-refractivity contribution in [3.05, 3.63) is 5.82 Å². The summed E-state index contributed by atoms with van der Waals surface area (Å²) in [7, 11) is 1.80. The summed E-state index contributed by atoms with van der Waals surface area (Å²) in [6.45, 7) is 6.55. The van der Waals surface area contributed by atoms with Crippen molar-refractivity contribution >= 4 is 0 Å². The van der Waals surface area contributed by atoms with E-state index in [2.05, 4.69) is 41.5 Å². The molecule has 16 heavy (non-hydrogen) atoms. The zero-order valence-electron chi connectivity index (χ0n) is 10.8. The first-order valence-corrected chi connectivity index (χ1v) is 6.10. The van der Waals surface area contributed by atoms with Gasteiger partial charge in [0.25, 0.3) is 0 Å². The van der Waals surface area contributed by atoms with Crippen LogP contribution in [0.4, 0.5) is 0 Å². The molecule has 0 aliphatic heterocycles. The van der Waals surface area contributed by atoms with Gasteiger partial charge in [0, 0.05) is 18.5 Å². The highest BCUT2D eigenvalue weighted by atomic mass is 15.6. The Morgan fingerprint density at radius 3 is 2.62 bits per heavy atom. The van der Waals surface area contributed by atoms with E-state index in [-0.39, 0.29) is 0 Å². The van der Waals surface area contributed by atoms with Crippen LogP contribution in [0.15, 0.2) is 0 Å². The van der Waals surface area contributed by atoms with Crippen LogP contribution >= 0.6 is 0 Å². The predicted octanol–water partition coefficient (Wildman–Crippen LogP) is 1.31. The molecule has 0 fully saturated rings. The first-order chi connectivity index (χ1) is 7.61. The third-order valence-corrected chi connectivity index (χ3v) is 2.45. The molecular weight excluding hydrogens is 202 g/mol. The van der Waals surface area contributed by atoms with E-state index in [9.17, 15) is 0 Å². The molecule has 92 valence electrons. The van der Waals surface area contributed by atoms with Crippen molar-refractivity contribution in [2.45, 2.75) is 58.5 Å². The molecule has 0 bridgehead atoms. The molecule has 1 heterocycles. The van der Waals surface area contributed by atoms with Crippen LogP contribution in [-0.2, 0) is 13.5 Å². The highest BCUT2D eigenvalue weighted by molar-refractivity contribution is 4.85. The maximum absolute atomic E-state index is 4.22. The number of nitrogens with zero attached hydrogens (tertiary/aromatic N) is 4. The molecule has 1 rings (SSSR count). The van der Waals surface area contributed by atoms with Crippen molar-refractivity contribution in [3.8, 4) is 0 Å². The van der Waals surface area contributed by atoms with Gasteiger partial charge >= 0.3 is 0 Å². The van der Waals surface area contributed by atoms with E-state index in [4.69, 9.17) is 0 Å². The average molecular weight is 225 g/mol. The van der Waals surface area contributed by atoms with Gasteiger partial charge in [-0.25, -0.2) is 0 Å². The zero-order valence-corrected chi connectivity index (χ0v) is 10.8. The Balaban J connectivity index is 2.48. The number of aromatic nitrogens is 4. The normalized spacial score (nSPS) is 13.3. The fourth-order valence-corrected chi connectivity index (χ4v) is 1.79. The second kappa shape index (κ2) is 6.58. The SMILES string of the molecule is CCCCC(Cc1nnn(C)n1)NC(C)C. The second-order valence-electron chi connectivity index (χ2n) is 4.56. The summed E-state index contributed by atoms with van der Waals surface area (Å²) < 4.78 is 0. The summed E-state index contributed by atoms with van der Waals surface area (Å²) in [4.78, 5) is 1.52. The number of rotatable bonds is 7. The van der Waals surface area contributed by atoms with Gasteiger partial charge in [-0.3, -0.25) is 0 Å². The minimum Gasteiger partial charge on any atom is -0.311 e. The Morgan fingerprint density at radius 1 is 1.38 bits per heavy atom. The largest absolute Gasteiger partial charge is 0.311 e. The van der Waals surface area contributed by atoms with Gasteiger partial charge in [0.05, 0.1) is 7.05 Å². The molecule has 5 heteroatoms. The molecule has 1 aromatic rings. The molecule has 1 unspecified atom stereocenters. The Labute approximate surface area is 97.6 Å². The van der Waals surface area contributed by atoms with E-state index in [0.29, 0.717) is 12.1 Å². The number of nitrogens with one attached hydrogen (secondary N) is 1. The van der Waals surface area contributed by atoms with Crippen molar-refractivity contribution < 1.29 is 0 Å². The number of hydrogen-bond acceptors (Lipinski definition) is 4. The van der Waals surface area contributed by atoms with E-state index < -0.39 is 0 Å². The highest BCUT2D eigenvalue weighted by Crippen LogP contribution is 2.06. The number of aryl methyl sites for hydroxylation is 1. The fraction of sp³-hybridized carbons (Fsp3) is 0.909. The number of hydrogen-bond donors (Lipinski definition) is 1. The summed E-state index contributed by atoms with van der Waals surface area (Å²) in [5.41, 5.74) is 0. The fourth-order valence-electron chi connectivity index (χ4n) is 1.79. The molecule has 0 saturated carbocycles. The molecule has 0 aromatic carbocycles. The van der Waals surface area contributed by atoms with E-state index in [1.165, 1.54) is 24.1 Å². The summed E-state index contributed by atoms with van der Waals surface area (Å²) in [5, 5.41) is 15.7. The zero-order chi connectivity index (χ0) is 12.0. The molecule has 0 amide bonds. The Morgan fingerprint density at radius 2 is 2.12 bits per heavy atom. The van der Waals surface area contributed by atoms with Crippen LogP contribution in [0.25, 0.3) is 0 Å². The molecular formula is C11H23N5. The van der Waals surface area contributed by atoms with E-state index >= 15 is 0 Å². The van der Waals surface area contributed by atoms with Crippen LogP contribution in [0, 0.1) is 0 Å². The van der Waals surface area contributed by atoms with Crippen LogP contribution < -0.4 is 5.32 Å². The van der Waals surface area contributed by atoms with E-state index in [1.807, 2.05) is 0 Å². The van der Waals surface area contributed by atoms with E-state index in [0.717, 1.165) is 12.2 Å². The lowest BCUT2D eigenvalue weighted by Gasteiger charge is -2.19. The third-order valence-electron chi connectivity index (χ3n) is 2.45. The monoisotopic (exact) mass is 225 g/mol. The first-order valence-electron chi connectivity index (χ1n) is 6.10. The molecule has 1 atom stereocenters. The van der Waals surface area contributed by atoms with Crippen molar-refractivity contribution in [2.24, 2.45) is 7.05 Å². The smallest absolute Gasteiger partial charge is 0.176 e. The van der Waals surface area contributed by atoms with Crippen molar-refractivity contribution in [1.29, 1.82) is 0 Å². The molecule has 1 aromatic heterocycles. The number of tetrazole rings is 1. The van der Waals surface area contributed by atoms with Crippen molar-refractivity contribution in [1.82, 2.24) is 25.5 Å². The molecule has 0 aliphatic carbocycles. The molecule has 0 spiro atoms. The third kappa shape index (κ3) is 4.70. The van der Waals surface area contributed by atoms with Crippen LogP contribution in [0.1, 0.15) is 45.9 Å². The Hall–Kier alpha value is -0.970. The predicted molar refractivity (Wildman–Crippen MR) is 64.1 cm³/mol. The molecule has 0 saturated heterocycles. The van der Waals surface area contributed by atoms with Crippen molar-refractivity contribution in [2.75, 3.05) is 0 Å². The Bertz CT molecular complexity index is 294. The van der Waals surface area contributed by atoms with Gasteiger partial charge in [0.15, 0.2) is 5.82 Å². The van der Waals surface area contributed by atoms with Crippen LogP contribution in [0.3, 0.4) is 0 Å². The average Bonchev–Trinajstić information content (AvgIpc) is 2.59. The Kier molecular flexibility index (Phi) is 5.38. The molecule has 0 radical (unpaired) electrons. The summed E-state index contributed by atoms with van der Waals surface area (Å²) in [6, 6.07) is 0.961. The van der Waals surface area contributed by atoms with Gasteiger partial charge in [0.1, 0.15) is 0 Å². The maximum atomic E-state index is 4.22. The van der Waals surface area contributed by atoms with Gasteiger partial charge in [-0.15, -0.1) is 10.2 Å². The van der Waals surface area contributed by atoms with Gasteiger partial charge in [-0.2, -0.15) is 4.80 Å². The molecule has 1 N–H and O–H groups in total. The summed E-state index contributed by atoms with van der Waals surface area (Å²) >= 11 is 0. The van der Waals surface area contributed by atoms with Gasteiger partial charge in [-0.05, 0) is 11.6 Å². The maximum Gasteiger partial charge on any atom is 0.176 e. The highest BCUT2D eigenvalue weighted by Gasteiger charge is 2.13. The van der Waals surface area contributed by atoms with Crippen molar-refractivity contribution in [3.63, 3.8) is 0 Å².